The summed E-state index contributed by atoms with van der Waals surface area (Å²) in [6.45, 7) is 1.71. The molecule has 0 atom stereocenters. The number of carbonyl (C=O) groups excluding carboxylic acids is 1. The molecule has 19 heavy (non-hydrogen) atoms. The smallest absolute Gasteiger partial charge is 0.255 e. The highest BCUT2D eigenvalue weighted by molar-refractivity contribution is 5.75. The van der Waals surface area contributed by atoms with Crippen LogP contribution in [0.3, 0.4) is 0 Å². The summed E-state index contributed by atoms with van der Waals surface area (Å²) in [6, 6.07) is 5.54. The monoisotopic (exact) mass is 269 g/mol. The molecule has 106 valence electrons. The van der Waals surface area contributed by atoms with Crippen molar-refractivity contribution in [2.24, 2.45) is 5.73 Å². The zero-order valence-electron chi connectivity index (χ0n) is 11.1. The number of rotatable bonds is 9. The Morgan fingerprint density at radius 1 is 1.42 bits per heavy atom. The second-order valence-corrected chi connectivity index (χ2v) is 4.10. The van der Waals surface area contributed by atoms with Gasteiger partial charge in [-0.2, -0.15) is 0 Å². The highest BCUT2D eigenvalue weighted by atomic mass is 16.5. The number of aliphatic hydroxyl groups excluding tert-OH is 1. The Morgan fingerprint density at radius 3 is 2.84 bits per heavy atom. The van der Waals surface area contributed by atoms with Crippen molar-refractivity contribution in [3.63, 3.8) is 0 Å². The minimum atomic E-state index is -0.525. The molecule has 6 heteroatoms. The van der Waals surface area contributed by atoms with E-state index in [0.717, 1.165) is 25.1 Å². The van der Waals surface area contributed by atoms with E-state index < -0.39 is 5.91 Å². The fourth-order valence-corrected chi connectivity index (χ4v) is 1.61. The minimum Gasteiger partial charge on any atom is -0.493 e. The molecule has 5 N–H and O–H groups in total. The van der Waals surface area contributed by atoms with Crippen LogP contribution in [0, 0.1) is 0 Å². The van der Waals surface area contributed by atoms with E-state index in [1.807, 2.05) is 12.1 Å². The summed E-state index contributed by atoms with van der Waals surface area (Å²) in [5.41, 5.74) is 6.11. The van der Waals surface area contributed by atoms with Gasteiger partial charge in [0.05, 0.1) is 13.7 Å². The number of hydrogen-bond donors (Lipinski definition) is 3. The zero-order chi connectivity index (χ0) is 14.1. The normalized spacial score (nSPS) is 10.2. The van der Waals surface area contributed by atoms with Crippen molar-refractivity contribution in [2.45, 2.75) is 13.0 Å². The van der Waals surface area contributed by atoms with Gasteiger partial charge in [-0.15, -0.1) is 0 Å². The van der Waals surface area contributed by atoms with Gasteiger partial charge in [0.15, 0.2) is 18.1 Å². The maximum absolute atomic E-state index is 10.7. The van der Waals surface area contributed by atoms with Gasteiger partial charge in [-0.05, 0) is 18.2 Å². The lowest BCUT2D eigenvalue weighted by atomic mass is 10.2. The maximum atomic E-state index is 10.7. The Labute approximate surface area is 112 Å². The lowest BCUT2D eigenvalue weighted by Crippen LogP contribution is -2.82. The summed E-state index contributed by atoms with van der Waals surface area (Å²) in [5.74, 6) is 0.554. The molecule has 0 saturated carbocycles. The molecule has 0 saturated heterocycles. The van der Waals surface area contributed by atoms with E-state index in [2.05, 4.69) is 5.32 Å². The number of ether oxygens (including phenoxy) is 2. The van der Waals surface area contributed by atoms with E-state index in [-0.39, 0.29) is 13.2 Å². The third-order valence-corrected chi connectivity index (χ3v) is 2.54. The summed E-state index contributed by atoms with van der Waals surface area (Å²) in [7, 11) is 1.55. The molecule has 0 radical (unpaired) electrons. The van der Waals surface area contributed by atoms with E-state index in [1.165, 1.54) is 0 Å². The Morgan fingerprint density at radius 2 is 2.21 bits per heavy atom. The zero-order valence-corrected chi connectivity index (χ0v) is 11.1. The predicted molar refractivity (Wildman–Crippen MR) is 69.9 cm³/mol. The Balaban J connectivity index is 2.59. The van der Waals surface area contributed by atoms with Crippen molar-refractivity contribution in [3.05, 3.63) is 23.8 Å². The fraction of sp³-hybridized carbons (Fsp3) is 0.462. The van der Waals surface area contributed by atoms with E-state index in [1.54, 1.807) is 13.2 Å². The van der Waals surface area contributed by atoms with Gasteiger partial charge in [-0.3, -0.25) is 4.79 Å². The number of quaternary nitrogens is 1. The van der Waals surface area contributed by atoms with Crippen LogP contribution < -0.4 is 20.5 Å². The van der Waals surface area contributed by atoms with Crippen LogP contribution in [0.2, 0.25) is 0 Å². The topological polar surface area (TPSA) is 98.4 Å². The quantitative estimate of drug-likeness (QED) is 0.501. The van der Waals surface area contributed by atoms with E-state index >= 15 is 0 Å². The summed E-state index contributed by atoms with van der Waals surface area (Å²) >= 11 is 0. The van der Waals surface area contributed by atoms with Crippen molar-refractivity contribution in [1.29, 1.82) is 0 Å². The summed E-state index contributed by atoms with van der Waals surface area (Å²) < 4.78 is 10.5. The molecule has 0 spiro atoms. The number of aliphatic hydroxyl groups is 1. The maximum Gasteiger partial charge on any atom is 0.255 e. The van der Waals surface area contributed by atoms with Gasteiger partial charge >= 0.3 is 0 Å². The summed E-state index contributed by atoms with van der Waals surface area (Å²) in [4.78, 5) is 10.7. The SMILES string of the molecule is COc1cc(C[NH2+]CCCO)ccc1OCC(N)=O. The van der Waals surface area contributed by atoms with Gasteiger partial charge in [-0.1, -0.05) is 0 Å². The molecule has 1 aromatic rings. The number of hydrogen-bond acceptors (Lipinski definition) is 4. The number of primary amides is 1. The van der Waals surface area contributed by atoms with Crippen LogP contribution >= 0.6 is 0 Å². The Kier molecular flexibility index (Phi) is 6.70. The van der Waals surface area contributed by atoms with Crippen molar-refractivity contribution >= 4 is 5.91 Å². The average Bonchev–Trinajstić information content (AvgIpc) is 2.41. The van der Waals surface area contributed by atoms with Gasteiger partial charge in [0, 0.05) is 18.6 Å². The largest absolute Gasteiger partial charge is 0.493 e. The van der Waals surface area contributed by atoms with Crippen LogP contribution in [0.1, 0.15) is 12.0 Å². The van der Waals surface area contributed by atoms with Crippen molar-refractivity contribution in [3.8, 4) is 11.5 Å². The number of benzene rings is 1. The van der Waals surface area contributed by atoms with Crippen LogP contribution in [0.4, 0.5) is 0 Å². The molecule has 0 fully saturated rings. The molecule has 0 unspecified atom stereocenters. The van der Waals surface area contributed by atoms with Gasteiger partial charge in [0.25, 0.3) is 5.91 Å². The van der Waals surface area contributed by atoms with Crippen molar-refractivity contribution < 1.29 is 24.7 Å². The third kappa shape index (κ3) is 5.58. The minimum absolute atomic E-state index is 0.168. The molecule has 0 heterocycles. The first-order valence-corrected chi connectivity index (χ1v) is 6.18. The first kappa shape index (κ1) is 15.3. The average molecular weight is 269 g/mol. The predicted octanol–water partition coefficient (Wildman–Crippen LogP) is -0.995. The molecule has 0 aromatic heterocycles. The van der Waals surface area contributed by atoms with Crippen molar-refractivity contribution in [1.82, 2.24) is 0 Å². The van der Waals surface area contributed by atoms with Crippen LogP contribution in [0.15, 0.2) is 18.2 Å². The number of amides is 1. The van der Waals surface area contributed by atoms with Crippen LogP contribution in [-0.4, -0.2) is 37.9 Å². The fourth-order valence-electron chi connectivity index (χ4n) is 1.61. The van der Waals surface area contributed by atoms with Gasteiger partial charge < -0.3 is 25.6 Å². The molecule has 0 aliphatic heterocycles. The first-order valence-electron chi connectivity index (χ1n) is 6.18. The molecule has 0 aliphatic rings. The molecular weight excluding hydrogens is 248 g/mol. The van der Waals surface area contributed by atoms with Crippen LogP contribution in [0.25, 0.3) is 0 Å². The molecule has 1 amide bonds. The summed E-state index contributed by atoms with van der Waals surface area (Å²) in [6.07, 6.45) is 0.775. The molecular formula is C13H21N2O4+. The highest BCUT2D eigenvalue weighted by Gasteiger charge is 2.07. The molecule has 1 aromatic carbocycles. The Hall–Kier alpha value is -1.79. The molecule has 6 nitrogen and oxygen atoms in total. The van der Waals surface area contributed by atoms with Crippen molar-refractivity contribution in [2.75, 3.05) is 26.9 Å². The second-order valence-electron chi connectivity index (χ2n) is 4.10. The summed E-state index contributed by atoms with van der Waals surface area (Å²) in [5, 5.41) is 10.8. The van der Waals surface area contributed by atoms with Gasteiger partial charge in [0.1, 0.15) is 6.54 Å². The van der Waals surface area contributed by atoms with Crippen LogP contribution in [-0.2, 0) is 11.3 Å². The van der Waals surface area contributed by atoms with Crippen LogP contribution in [0.5, 0.6) is 11.5 Å². The lowest BCUT2D eigenvalue weighted by Gasteiger charge is -2.10. The third-order valence-electron chi connectivity index (χ3n) is 2.54. The molecule has 1 rings (SSSR count). The lowest BCUT2D eigenvalue weighted by molar-refractivity contribution is -0.671. The molecule has 0 aliphatic carbocycles. The van der Waals surface area contributed by atoms with E-state index in [4.69, 9.17) is 20.3 Å². The van der Waals surface area contributed by atoms with Gasteiger partial charge in [0.2, 0.25) is 0 Å². The van der Waals surface area contributed by atoms with Gasteiger partial charge in [-0.25, -0.2) is 0 Å². The standard InChI is InChI=1S/C13H20N2O4/c1-18-12-7-10(8-15-5-2-6-16)3-4-11(12)19-9-13(14)17/h3-4,7,15-16H,2,5-6,8-9H2,1H3,(H2,14,17)/p+1. The number of carbonyl (C=O) groups is 1. The highest BCUT2D eigenvalue weighted by Crippen LogP contribution is 2.27. The molecule has 0 bridgehead atoms. The first-order chi connectivity index (χ1) is 9.17. The van der Waals surface area contributed by atoms with E-state index in [9.17, 15) is 4.79 Å². The second kappa shape index (κ2) is 8.34. The number of nitrogens with two attached hydrogens (primary N) is 2. The Bertz CT molecular complexity index is 410. The number of methoxy groups -OCH3 is 1. The van der Waals surface area contributed by atoms with E-state index in [0.29, 0.717) is 11.5 Å².